The normalized spacial score (nSPS) is 13.6. The highest BCUT2D eigenvalue weighted by molar-refractivity contribution is 8.14. The van der Waals surface area contributed by atoms with E-state index in [0.29, 0.717) is 47.2 Å². The molecule has 18 heteroatoms. The Hall–Kier alpha value is -6.70. The van der Waals surface area contributed by atoms with Crippen molar-refractivity contribution in [1.82, 2.24) is 20.7 Å². The van der Waals surface area contributed by atoms with Crippen LogP contribution >= 0.6 is 23.5 Å². The van der Waals surface area contributed by atoms with E-state index in [1.54, 1.807) is 54.6 Å². The van der Waals surface area contributed by atoms with Crippen molar-refractivity contribution in [2.45, 2.75) is 52.2 Å². The van der Waals surface area contributed by atoms with E-state index < -0.39 is 12.2 Å². The summed E-state index contributed by atoms with van der Waals surface area (Å²) in [5.41, 5.74) is 7.30. The lowest BCUT2D eigenvalue weighted by Crippen LogP contribution is -2.36. The molecule has 0 aromatic heterocycles. The van der Waals surface area contributed by atoms with Crippen LogP contribution in [0.15, 0.2) is 107 Å². The Bertz CT molecular complexity index is 2430. The van der Waals surface area contributed by atoms with Crippen LogP contribution < -0.4 is 21.3 Å². The van der Waals surface area contributed by atoms with Crippen LogP contribution in [-0.2, 0) is 22.6 Å². The van der Waals surface area contributed by atoms with Crippen molar-refractivity contribution >= 4 is 69.0 Å². The summed E-state index contributed by atoms with van der Waals surface area (Å²) in [6.07, 6.45) is 0.426. The third kappa shape index (κ3) is 16.7. The van der Waals surface area contributed by atoms with Crippen molar-refractivity contribution in [2.75, 3.05) is 55.5 Å². The molecule has 2 heterocycles. The Morgan fingerprint density at radius 1 is 0.677 bits per heavy atom. The lowest BCUT2D eigenvalue weighted by Gasteiger charge is -2.23. The molecule has 0 bridgehead atoms. The minimum absolute atomic E-state index is 0.0315. The number of hydrogen-bond acceptors (Lipinski definition) is 14. The van der Waals surface area contributed by atoms with Crippen molar-refractivity contribution in [2.24, 2.45) is 10.2 Å². The molecule has 338 valence electrons. The molecule has 65 heavy (non-hydrogen) atoms. The Labute approximate surface area is 387 Å². The summed E-state index contributed by atoms with van der Waals surface area (Å²) in [5.74, 6) is 0.947. The molecule has 4 aromatic rings. The van der Waals surface area contributed by atoms with Gasteiger partial charge in [0.15, 0.2) is 0 Å². The van der Waals surface area contributed by atoms with Gasteiger partial charge < -0.3 is 20.1 Å². The second kappa shape index (κ2) is 25.0. The average molecular weight is 917 g/mol. The number of hydrazone groups is 2. The first-order valence-corrected chi connectivity index (χ1v) is 22.8. The number of anilines is 2. The van der Waals surface area contributed by atoms with E-state index in [9.17, 15) is 19.2 Å². The molecule has 4 aromatic carbocycles. The summed E-state index contributed by atoms with van der Waals surface area (Å²) in [6, 6.07) is 32.9. The molecular formula is C47H52N10O6S2. The molecular weight excluding hydrogens is 865 g/mol. The minimum atomic E-state index is -0.515. The molecule has 2 aliphatic rings. The molecule has 0 fully saturated rings. The van der Waals surface area contributed by atoms with E-state index in [1.165, 1.54) is 33.5 Å². The first-order valence-electron chi connectivity index (χ1n) is 20.8. The number of nitrogens with one attached hydrogen (secondary N) is 4. The molecule has 0 atom stereocenters. The molecule has 4 N–H and O–H groups in total. The fraction of sp³-hybridized carbons (Fsp3) is 0.319. The second-order valence-corrected chi connectivity index (χ2v) is 17.5. The van der Waals surface area contributed by atoms with Gasteiger partial charge in [0.25, 0.3) is 0 Å². The van der Waals surface area contributed by atoms with Crippen LogP contribution in [0.3, 0.4) is 0 Å². The zero-order valence-electron chi connectivity index (χ0n) is 36.8. The summed E-state index contributed by atoms with van der Waals surface area (Å²) < 4.78 is 10.4. The number of benzene rings is 4. The van der Waals surface area contributed by atoms with Gasteiger partial charge in [0.1, 0.15) is 0 Å². The second-order valence-electron chi connectivity index (χ2n) is 15.6. The number of ether oxygens (including phenoxy) is 2. The fourth-order valence-electron chi connectivity index (χ4n) is 6.06. The SMILES string of the molecule is CC(C)(C)NCCCOC(=O)Nc1cccc(CN2N=C(c3ccc(C#N)cc3)CSC2=O)c1.CNCCCOC(=O)Nc1cccc(CN2N=C(c3ccc(C#N)cc3)CSC2=O)c1. The molecule has 6 rings (SSSR count). The van der Waals surface area contributed by atoms with Crippen LogP contribution in [0.1, 0.15) is 67.0 Å². The predicted molar refractivity (Wildman–Crippen MR) is 256 cm³/mol. The quantitative estimate of drug-likeness (QED) is 0.0777. The maximum atomic E-state index is 12.4. The number of rotatable bonds is 16. The Morgan fingerprint density at radius 2 is 1.11 bits per heavy atom. The lowest BCUT2D eigenvalue weighted by atomic mass is 10.1. The van der Waals surface area contributed by atoms with E-state index in [-0.39, 0.29) is 29.1 Å². The number of amides is 4. The highest BCUT2D eigenvalue weighted by Crippen LogP contribution is 2.25. The highest BCUT2D eigenvalue weighted by atomic mass is 32.2. The van der Waals surface area contributed by atoms with Gasteiger partial charge in [-0.3, -0.25) is 20.2 Å². The Kier molecular flexibility index (Phi) is 18.9. The van der Waals surface area contributed by atoms with E-state index in [1.807, 2.05) is 49.5 Å². The molecule has 0 saturated heterocycles. The number of carbonyl (C=O) groups excluding carboxylic acids is 4. The summed E-state index contributed by atoms with van der Waals surface area (Å²) in [4.78, 5) is 48.8. The van der Waals surface area contributed by atoms with Gasteiger partial charge in [-0.05, 0) is 125 Å². The van der Waals surface area contributed by atoms with Crippen LogP contribution in [0.25, 0.3) is 0 Å². The fourth-order valence-corrected chi connectivity index (χ4v) is 7.54. The first-order chi connectivity index (χ1) is 31.3. The predicted octanol–water partition coefficient (Wildman–Crippen LogP) is 8.75. The topological polar surface area (TPSA) is 214 Å². The zero-order chi connectivity index (χ0) is 46.6. The smallest absolute Gasteiger partial charge is 0.411 e. The number of thioether (sulfide) groups is 2. The van der Waals surface area contributed by atoms with Crippen molar-refractivity contribution in [3.63, 3.8) is 0 Å². The standard InChI is InChI=1S/C25H29N5O3S.C22H23N5O3S/c1-25(2,3)27-12-5-13-33-23(31)28-21-7-4-6-19(14-21)16-30-24(32)34-17-22(29-30)20-10-8-18(15-26)9-11-20;1-24-10-3-11-30-21(28)25-19-5-2-4-17(12-19)14-27-22(29)31-15-20(26-27)18-8-6-16(13-23)7-9-18/h4,6-11,14,27H,5,12-13,16-17H2,1-3H3,(H,28,31);2,4-9,12,24H,3,10-11,14-15H2,1H3,(H,25,28). The third-order valence-electron chi connectivity index (χ3n) is 9.29. The Balaban J connectivity index is 0.000000245. The van der Waals surface area contributed by atoms with Crippen molar-refractivity contribution in [1.29, 1.82) is 10.5 Å². The zero-order valence-corrected chi connectivity index (χ0v) is 38.4. The average Bonchev–Trinajstić information content (AvgIpc) is 3.29. The summed E-state index contributed by atoms with van der Waals surface area (Å²) >= 11 is 2.37. The summed E-state index contributed by atoms with van der Waals surface area (Å²) in [7, 11) is 1.84. The van der Waals surface area contributed by atoms with Gasteiger partial charge in [-0.2, -0.15) is 20.7 Å². The van der Waals surface area contributed by atoms with Crippen molar-refractivity contribution in [3.05, 3.63) is 130 Å². The van der Waals surface area contributed by atoms with Gasteiger partial charge in [0.05, 0.1) is 61.0 Å². The number of carbonyl (C=O) groups is 4. The monoisotopic (exact) mass is 916 g/mol. The maximum Gasteiger partial charge on any atom is 0.411 e. The summed E-state index contributed by atoms with van der Waals surface area (Å²) in [6.45, 7) is 9.00. The first kappa shape index (κ1) is 49.3. The van der Waals surface area contributed by atoms with Crippen LogP contribution in [0.5, 0.6) is 0 Å². The molecule has 0 unspecified atom stereocenters. The van der Waals surface area contributed by atoms with Crippen LogP contribution in [0.2, 0.25) is 0 Å². The molecule has 0 radical (unpaired) electrons. The highest BCUT2D eigenvalue weighted by Gasteiger charge is 2.24. The lowest BCUT2D eigenvalue weighted by molar-refractivity contribution is 0.158. The largest absolute Gasteiger partial charge is 0.449 e. The van der Waals surface area contributed by atoms with E-state index >= 15 is 0 Å². The molecule has 2 aliphatic heterocycles. The summed E-state index contributed by atoms with van der Waals surface area (Å²) in [5, 5.41) is 41.3. The molecule has 0 aliphatic carbocycles. The van der Waals surface area contributed by atoms with Gasteiger partial charge in [-0.1, -0.05) is 72.1 Å². The van der Waals surface area contributed by atoms with Gasteiger partial charge in [-0.25, -0.2) is 19.6 Å². The third-order valence-corrected chi connectivity index (χ3v) is 11.0. The van der Waals surface area contributed by atoms with Gasteiger partial charge >= 0.3 is 22.7 Å². The number of hydrogen-bond donors (Lipinski definition) is 4. The molecule has 16 nitrogen and oxygen atoms in total. The van der Waals surface area contributed by atoms with Crippen LogP contribution in [-0.4, -0.2) is 94.5 Å². The number of nitriles is 2. The minimum Gasteiger partial charge on any atom is -0.449 e. The van der Waals surface area contributed by atoms with Gasteiger partial charge in [0.2, 0.25) is 0 Å². The van der Waals surface area contributed by atoms with Crippen LogP contribution in [0, 0.1) is 22.7 Å². The van der Waals surface area contributed by atoms with E-state index in [0.717, 1.165) is 59.6 Å². The maximum absolute atomic E-state index is 12.4. The Morgan fingerprint density at radius 3 is 1.51 bits per heavy atom. The van der Waals surface area contributed by atoms with Gasteiger partial charge in [0, 0.05) is 28.4 Å². The molecule has 0 saturated carbocycles. The van der Waals surface area contributed by atoms with Crippen molar-refractivity contribution < 1.29 is 28.7 Å². The van der Waals surface area contributed by atoms with Crippen molar-refractivity contribution in [3.8, 4) is 12.1 Å². The number of nitrogens with zero attached hydrogens (tertiary/aromatic N) is 6. The van der Waals surface area contributed by atoms with E-state index in [2.05, 4.69) is 64.4 Å². The van der Waals surface area contributed by atoms with Crippen LogP contribution in [0.4, 0.5) is 30.6 Å². The van der Waals surface area contributed by atoms with Gasteiger partial charge in [-0.15, -0.1) is 0 Å². The van der Waals surface area contributed by atoms with E-state index in [4.69, 9.17) is 20.0 Å². The molecule has 4 amide bonds. The molecule has 0 spiro atoms.